The number of amides is 1. The van der Waals surface area contributed by atoms with Gasteiger partial charge in [-0.05, 0) is 18.6 Å². The molecule has 3 rings (SSSR count). The number of carbonyl (C=O) groups excluding carboxylic acids is 1. The van der Waals surface area contributed by atoms with Gasteiger partial charge in [0.25, 0.3) is 5.91 Å². The van der Waals surface area contributed by atoms with E-state index in [1.807, 2.05) is 24.3 Å². The van der Waals surface area contributed by atoms with E-state index in [9.17, 15) is 4.79 Å². The van der Waals surface area contributed by atoms with Gasteiger partial charge < -0.3 is 14.8 Å². The largest absolute Gasteiger partial charge is 0.488 e. The summed E-state index contributed by atoms with van der Waals surface area (Å²) in [5.41, 5.74) is 2.97. The second-order valence-electron chi connectivity index (χ2n) is 4.81. The maximum Gasteiger partial charge on any atom is 0.269 e. The molecule has 6 nitrogen and oxygen atoms in total. The molecule has 0 radical (unpaired) electrons. The van der Waals surface area contributed by atoms with E-state index in [-0.39, 0.29) is 5.91 Å². The molecule has 2 N–H and O–H groups in total. The summed E-state index contributed by atoms with van der Waals surface area (Å²) in [4.78, 5) is 12.2. The van der Waals surface area contributed by atoms with Crippen LogP contribution in [-0.2, 0) is 11.3 Å². The molecule has 1 aliphatic heterocycles. The third-order valence-corrected chi connectivity index (χ3v) is 3.42. The lowest BCUT2D eigenvalue weighted by molar-refractivity contribution is 0.0941. The van der Waals surface area contributed by atoms with Crippen LogP contribution in [-0.4, -0.2) is 36.4 Å². The number of fused-ring (bicyclic) bond motifs is 3. The smallest absolute Gasteiger partial charge is 0.269 e. The van der Waals surface area contributed by atoms with Gasteiger partial charge in [0.05, 0.1) is 0 Å². The SMILES string of the molecule is COCCCNC(=O)c1[nH]nc2c1COc1ccccc1-2. The summed E-state index contributed by atoms with van der Waals surface area (Å²) in [7, 11) is 1.64. The maximum atomic E-state index is 12.2. The van der Waals surface area contributed by atoms with Gasteiger partial charge in [-0.3, -0.25) is 9.89 Å². The number of para-hydroxylation sites is 1. The number of ether oxygens (including phenoxy) is 2. The van der Waals surface area contributed by atoms with Crippen LogP contribution in [0.4, 0.5) is 0 Å². The van der Waals surface area contributed by atoms with Crippen LogP contribution in [0.3, 0.4) is 0 Å². The van der Waals surface area contributed by atoms with Crippen molar-refractivity contribution in [2.45, 2.75) is 13.0 Å². The van der Waals surface area contributed by atoms with E-state index in [0.717, 1.165) is 29.0 Å². The molecule has 110 valence electrons. The van der Waals surface area contributed by atoms with E-state index in [1.54, 1.807) is 7.11 Å². The number of H-pyrrole nitrogens is 1. The van der Waals surface area contributed by atoms with Crippen LogP contribution in [0.1, 0.15) is 22.5 Å². The summed E-state index contributed by atoms with van der Waals surface area (Å²) in [6, 6.07) is 7.68. The molecule has 0 saturated heterocycles. The Bertz CT molecular complexity index is 651. The van der Waals surface area contributed by atoms with E-state index in [1.165, 1.54) is 0 Å². The van der Waals surface area contributed by atoms with Crippen molar-refractivity contribution in [3.63, 3.8) is 0 Å². The second kappa shape index (κ2) is 5.97. The number of carbonyl (C=O) groups is 1. The quantitative estimate of drug-likeness (QED) is 0.821. The van der Waals surface area contributed by atoms with Gasteiger partial charge in [-0.2, -0.15) is 5.10 Å². The Morgan fingerprint density at radius 2 is 2.33 bits per heavy atom. The van der Waals surface area contributed by atoms with Crippen LogP contribution in [0.5, 0.6) is 5.75 Å². The number of nitrogens with one attached hydrogen (secondary N) is 2. The van der Waals surface area contributed by atoms with Crippen LogP contribution in [0.2, 0.25) is 0 Å². The Labute approximate surface area is 122 Å². The van der Waals surface area contributed by atoms with Crippen molar-refractivity contribution in [3.8, 4) is 17.0 Å². The van der Waals surface area contributed by atoms with Crippen molar-refractivity contribution in [1.82, 2.24) is 15.5 Å². The van der Waals surface area contributed by atoms with Gasteiger partial charge in [-0.25, -0.2) is 0 Å². The molecule has 1 aliphatic rings. The topological polar surface area (TPSA) is 76.2 Å². The molecule has 2 heterocycles. The van der Waals surface area contributed by atoms with E-state index >= 15 is 0 Å². The van der Waals surface area contributed by atoms with Crippen LogP contribution in [0.25, 0.3) is 11.3 Å². The molecule has 0 atom stereocenters. The number of benzene rings is 1. The first-order chi connectivity index (χ1) is 10.3. The fraction of sp³-hybridized carbons (Fsp3) is 0.333. The molecule has 21 heavy (non-hydrogen) atoms. The molecule has 0 fully saturated rings. The van der Waals surface area contributed by atoms with Crippen LogP contribution in [0.15, 0.2) is 24.3 Å². The van der Waals surface area contributed by atoms with Gasteiger partial charge in [0.1, 0.15) is 23.7 Å². The normalized spacial score (nSPS) is 12.2. The number of nitrogens with zero attached hydrogens (tertiary/aromatic N) is 1. The predicted molar refractivity (Wildman–Crippen MR) is 77.2 cm³/mol. The molecular weight excluding hydrogens is 270 g/mol. The minimum absolute atomic E-state index is 0.164. The van der Waals surface area contributed by atoms with E-state index in [2.05, 4.69) is 15.5 Å². The van der Waals surface area contributed by atoms with Crippen LogP contribution in [0, 0.1) is 0 Å². The van der Waals surface area contributed by atoms with Crippen molar-refractivity contribution >= 4 is 5.91 Å². The second-order valence-corrected chi connectivity index (χ2v) is 4.81. The molecular formula is C15H17N3O3. The minimum Gasteiger partial charge on any atom is -0.488 e. The molecule has 1 amide bonds. The zero-order valence-corrected chi connectivity index (χ0v) is 11.8. The molecule has 1 aromatic heterocycles. The van der Waals surface area contributed by atoms with Gasteiger partial charge in [0, 0.05) is 31.4 Å². The highest BCUT2D eigenvalue weighted by Crippen LogP contribution is 2.36. The van der Waals surface area contributed by atoms with Crippen LogP contribution < -0.4 is 10.1 Å². The average Bonchev–Trinajstić information content (AvgIpc) is 2.96. The van der Waals surface area contributed by atoms with Crippen molar-refractivity contribution in [3.05, 3.63) is 35.5 Å². The summed E-state index contributed by atoms with van der Waals surface area (Å²) in [5.74, 6) is 0.631. The first kappa shape index (κ1) is 13.6. The van der Waals surface area contributed by atoms with Gasteiger partial charge in [0.15, 0.2) is 0 Å². The Morgan fingerprint density at radius 1 is 1.48 bits per heavy atom. The van der Waals surface area contributed by atoms with Crippen molar-refractivity contribution in [1.29, 1.82) is 0 Å². The van der Waals surface area contributed by atoms with Gasteiger partial charge in [-0.15, -0.1) is 0 Å². The molecule has 0 unspecified atom stereocenters. The maximum absolute atomic E-state index is 12.2. The van der Waals surface area contributed by atoms with Crippen molar-refractivity contribution < 1.29 is 14.3 Å². The van der Waals surface area contributed by atoms with E-state index in [4.69, 9.17) is 9.47 Å². The summed E-state index contributed by atoms with van der Waals surface area (Å²) < 4.78 is 10.6. The Balaban J connectivity index is 1.78. The number of aromatic nitrogens is 2. The van der Waals surface area contributed by atoms with Crippen LogP contribution >= 0.6 is 0 Å². The van der Waals surface area contributed by atoms with Crippen molar-refractivity contribution in [2.24, 2.45) is 0 Å². The molecule has 0 aliphatic carbocycles. The molecule has 6 heteroatoms. The van der Waals surface area contributed by atoms with Gasteiger partial charge in [0.2, 0.25) is 0 Å². The van der Waals surface area contributed by atoms with Gasteiger partial charge in [-0.1, -0.05) is 12.1 Å². The zero-order chi connectivity index (χ0) is 14.7. The lowest BCUT2D eigenvalue weighted by Gasteiger charge is -2.17. The first-order valence-corrected chi connectivity index (χ1v) is 6.88. The Morgan fingerprint density at radius 3 is 3.19 bits per heavy atom. The third kappa shape index (κ3) is 2.62. The lowest BCUT2D eigenvalue weighted by atomic mass is 10.0. The lowest BCUT2D eigenvalue weighted by Crippen LogP contribution is -2.27. The summed E-state index contributed by atoms with van der Waals surface area (Å²) in [5, 5.41) is 9.95. The predicted octanol–water partition coefficient (Wildman–Crippen LogP) is 1.74. The molecule has 1 aromatic carbocycles. The van der Waals surface area contributed by atoms with E-state index < -0.39 is 0 Å². The highest BCUT2D eigenvalue weighted by molar-refractivity contribution is 5.96. The molecule has 2 aromatic rings. The fourth-order valence-corrected chi connectivity index (χ4v) is 2.36. The number of hydrogen-bond donors (Lipinski definition) is 2. The molecule has 0 spiro atoms. The summed E-state index contributed by atoms with van der Waals surface area (Å²) >= 11 is 0. The van der Waals surface area contributed by atoms with E-state index in [0.29, 0.717) is 25.5 Å². The standard InChI is InChI=1S/C15H17N3O3/c1-20-8-4-7-16-15(19)14-11-9-21-12-6-3-2-5-10(12)13(11)17-18-14/h2-3,5-6H,4,7-9H2,1H3,(H,16,19)(H,17,18). The highest BCUT2D eigenvalue weighted by atomic mass is 16.5. The first-order valence-electron chi connectivity index (χ1n) is 6.88. The number of methoxy groups -OCH3 is 1. The third-order valence-electron chi connectivity index (χ3n) is 3.42. The Hall–Kier alpha value is -2.34. The molecule has 0 bridgehead atoms. The van der Waals surface area contributed by atoms with Crippen molar-refractivity contribution in [2.75, 3.05) is 20.3 Å². The zero-order valence-electron chi connectivity index (χ0n) is 11.8. The fourth-order valence-electron chi connectivity index (χ4n) is 2.36. The summed E-state index contributed by atoms with van der Waals surface area (Å²) in [6.45, 7) is 1.54. The highest BCUT2D eigenvalue weighted by Gasteiger charge is 2.25. The molecule has 0 saturated carbocycles. The number of hydrogen-bond acceptors (Lipinski definition) is 4. The number of rotatable bonds is 5. The average molecular weight is 287 g/mol. The Kier molecular flexibility index (Phi) is 3.87. The monoisotopic (exact) mass is 287 g/mol. The van der Waals surface area contributed by atoms with Gasteiger partial charge >= 0.3 is 0 Å². The number of aromatic amines is 1. The summed E-state index contributed by atoms with van der Waals surface area (Å²) in [6.07, 6.45) is 0.776. The minimum atomic E-state index is -0.164.